The third kappa shape index (κ3) is 4.45. The number of hydrogen-bond acceptors (Lipinski definition) is 9. The van der Waals surface area contributed by atoms with Crippen LogP contribution >= 0.6 is 0 Å². The first-order chi connectivity index (χ1) is 17.4. The third-order valence-corrected chi connectivity index (χ3v) is 7.16. The normalized spacial score (nSPS) is 19.9. The lowest BCUT2D eigenvalue weighted by Gasteiger charge is -2.37. The Bertz CT molecular complexity index is 1360. The number of hydrogen-bond donors (Lipinski definition) is 1. The topological polar surface area (TPSA) is 137 Å². The lowest BCUT2D eigenvalue weighted by Crippen LogP contribution is -2.50. The number of benzene rings is 2. The summed E-state index contributed by atoms with van der Waals surface area (Å²) in [6.07, 6.45) is 3.85. The number of ether oxygens (including phenoxy) is 2. The lowest BCUT2D eigenvalue weighted by atomic mass is 9.91. The zero-order valence-corrected chi connectivity index (χ0v) is 19.9. The van der Waals surface area contributed by atoms with Crippen LogP contribution in [0.2, 0.25) is 0 Å². The Labute approximate surface area is 211 Å². The smallest absolute Gasteiger partial charge is 0.350 e. The second-order valence-electron chi connectivity index (χ2n) is 9.34. The van der Waals surface area contributed by atoms with Crippen molar-refractivity contribution in [2.45, 2.75) is 31.2 Å². The quantitative estimate of drug-likeness (QED) is 0.523. The molecule has 0 bridgehead atoms. The average Bonchev–Trinajstić information content (AvgIpc) is 3.34. The van der Waals surface area contributed by atoms with E-state index >= 15 is 0 Å². The highest BCUT2D eigenvalue weighted by Gasteiger charge is 2.53. The van der Waals surface area contributed by atoms with Gasteiger partial charge >= 0.3 is 17.8 Å². The summed E-state index contributed by atoms with van der Waals surface area (Å²) >= 11 is 0. The summed E-state index contributed by atoms with van der Waals surface area (Å²) in [6.45, 7) is 3.10. The van der Waals surface area contributed by atoms with Crippen molar-refractivity contribution in [2.24, 2.45) is 0 Å². The van der Waals surface area contributed by atoms with Crippen molar-refractivity contribution in [1.82, 2.24) is 15.0 Å². The van der Waals surface area contributed by atoms with Crippen molar-refractivity contribution in [3.8, 4) is 5.75 Å². The molecule has 1 aromatic heterocycles. The number of phenolic OH excluding ortho intramolecular Hbond substituents is 1. The SMILES string of the molecule is O.O=C1C=CC(=O)OC2(O1)c1ccc(O)cc1CN2CCN1CCC(c2noc3cc(F)ccc23)CC1. The highest BCUT2D eigenvalue weighted by Crippen LogP contribution is 2.43. The van der Waals surface area contributed by atoms with E-state index in [4.69, 9.17) is 14.0 Å². The first kappa shape index (κ1) is 24.9. The van der Waals surface area contributed by atoms with E-state index in [-0.39, 0.29) is 23.0 Å². The van der Waals surface area contributed by atoms with Crippen LogP contribution in [0.25, 0.3) is 11.0 Å². The summed E-state index contributed by atoms with van der Waals surface area (Å²) in [5.41, 5.74) is 2.58. The van der Waals surface area contributed by atoms with E-state index < -0.39 is 17.8 Å². The minimum Gasteiger partial charge on any atom is -0.508 e. The standard InChI is InChI=1S/C26H24FN3O6.H2O/c27-18-1-3-20-22(14-18)36-28-25(20)16-7-9-29(10-8-16)11-12-30-15-17-13-19(31)2-4-21(17)26(30)34-23(32)5-6-24(33)35-26;/h1-6,13-14,16,31H,7-12,15H2;1H2. The van der Waals surface area contributed by atoms with Gasteiger partial charge in [0.15, 0.2) is 5.58 Å². The van der Waals surface area contributed by atoms with Gasteiger partial charge in [0, 0.05) is 49.2 Å². The summed E-state index contributed by atoms with van der Waals surface area (Å²) < 4.78 is 30.2. The van der Waals surface area contributed by atoms with Gasteiger partial charge < -0.3 is 29.5 Å². The molecule has 1 fully saturated rings. The van der Waals surface area contributed by atoms with Gasteiger partial charge in [0.1, 0.15) is 11.6 Å². The van der Waals surface area contributed by atoms with Gasteiger partial charge in [-0.1, -0.05) is 5.16 Å². The minimum atomic E-state index is -1.67. The Morgan fingerprint density at radius 1 is 1.03 bits per heavy atom. The number of phenols is 1. The van der Waals surface area contributed by atoms with Crippen LogP contribution in [0, 0.1) is 5.82 Å². The molecule has 6 rings (SSSR count). The summed E-state index contributed by atoms with van der Waals surface area (Å²) in [6, 6.07) is 9.19. The number of rotatable bonds is 4. The van der Waals surface area contributed by atoms with Crippen molar-refractivity contribution >= 4 is 22.9 Å². The number of likely N-dealkylation sites (tertiary alicyclic amines) is 1. The Kier molecular flexibility index (Phi) is 6.44. The Morgan fingerprint density at radius 3 is 2.49 bits per heavy atom. The molecule has 37 heavy (non-hydrogen) atoms. The van der Waals surface area contributed by atoms with Crippen LogP contribution in [0.1, 0.15) is 35.6 Å². The zero-order valence-electron chi connectivity index (χ0n) is 19.9. The van der Waals surface area contributed by atoms with E-state index in [2.05, 4.69) is 10.1 Å². The summed E-state index contributed by atoms with van der Waals surface area (Å²) in [5.74, 6) is -3.07. The number of carbonyl (C=O) groups is 2. The van der Waals surface area contributed by atoms with Crippen LogP contribution in [0.15, 0.2) is 53.1 Å². The van der Waals surface area contributed by atoms with Gasteiger partial charge in [-0.05, 0) is 61.8 Å². The molecule has 3 aliphatic rings. The fraction of sp³-hybridized carbons (Fsp3) is 0.346. The maximum atomic E-state index is 13.5. The Balaban J connectivity index is 0.00000280. The molecule has 0 aliphatic carbocycles. The molecule has 4 heterocycles. The molecule has 2 aromatic carbocycles. The van der Waals surface area contributed by atoms with Gasteiger partial charge in [0.25, 0.3) is 0 Å². The monoisotopic (exact) mass is 511 g/mol. The average molecular weight is 512 g/mol. The van der Waals surface area contributed by atoms with E-state index in [0.717, 1.165) is 54.7 Å². The van der Waals surface area contributed by atoms with Gasteiger partial charge in [-0.2, -0.15) is 0 Å². The van der Waals surface area contributed by atoms with Crippen LogP contribution in [0.3, 0.4) is 0 Å². The number of fused-ring (bicyclic) bond motifs is 3. The maximum Gasteiger partial charge on any atom is 0.350 e. The van der Waals surface area contributed by atoms with Gasteiger partial charge in [-0.3, -0.25) is 0 Å². The molecule has 194 valence electrons. The number of aromatic nitrogens is 1. The van der Waals surface area contributed by atoms with Crippen molar-refractivity contribution < 1.29 is 38.6 Å². The third-order valence-electron chi connectivity index (χ3n) is 7.16. The molecule has 1 saturated heterocycles. The van der Waals surface area contributed by atoms with Crippen molar-refractivity contribution in [3.63, 3.8) is 0 Å². The number of halogens is 1. The Hall–Kier alpha value is -3.80. The van der Waals surface area contributed by atoms with Crippen LogP contribution in [-0.4, -0.2) is 63.7 Å². The number of esters is 2. The Morgan fingerprint density at radius 2 is 1.76 bits per heavy atom. The van der Waals surface area contributed by atoms with E-state index in [1.54, 1.807) is 18.2 Å². The molecule has 0 amide bonds. The first-order valence-corrected chi connectivity index (χ1v) is 11.9. The van der Waals surface area contributed by atoms with Gasteiger partial charge in [-0.15, -0.1) is 0 Å². The molecule has 10 nitrogen and oxygen atoms in total. The zero-order chi connectivity index (χ0) is 24.9. The van der Waals surface area contributed by atoms with Crippen LogP contribution in [0.4, 0.5) is 4.39 Å². The molecule has 0 unspecified atom stereocenters. The van der Waals surface area contributed by atoms with E-state index in [1.165, 1.54) is 18.2 Å². The number of piperidine rings is 1. The highest BCUT2D eigenvalue weighted by atomic mass is 19.1. The molecule has 0 atom stereocenters. The predicted octanol–water partition coefficient (Wildman–Crippen LogP) is 2.31. The first-order valence-electron chi connectivity index (χ1n) is 11.9. The fourth-order valence-electron chi connectivity index (χ4n) is 5.38. The molecule has 0 saturated carbocycles. The van der Waals surface area contributed by atoms with Crippen molar-refractivity contribution in [3.05, 3.63) is 71.2 Å². The fourth-order valence-corrected chi connectivity index (χ4v) is 5.38. The molecular formula is C26H26FN3O7. The molecule has 0 radical (unpaired) electrons. The molecule has 1 spiro atoms. The molecule has 3 N–H and O–H groups in total. The second-order valence-corrected chi connectivity index (χ2v) is 9.34. The van der Waals surface area contributed by atoms with Crippen molar-refractivity contribution in [1.29, 1.82) is 0 Å². The van der Waals surface area contributed by atoms with E-state index in [9.17, 15) is 19.1 Å². The maximum absolute atomic E-state index is 13.5. The van der Waals surface area contributed by atoms with Crippen LogP contribution < -0.4 is 0 Å². The van der Waals surface area contributed by atoms with Gasteiger partial charge in [0.2, 0.25) is 0 Å². The van der Waals surface area contributed by atoms with Gasteiger partial charge in [-0.25, -0.2) is 18.9 Å². The van der Waals surface area contributed by atoms with Crippen LogP contribution in [0.5, 0.6) is 5.75 Å². The minimum absolute atomic E-state index is 0. The highest BCUT2D eigenvalue weighted by molar-refractivity contribution is 5.93. The molecule has 3 aromatic rings. The second kappa shape index (κ2) is 9.58. The molecular weight excluding hydrogens is 485 g/mol. The summed E-state index contributed by atoms with van der Waals surface area (Å²) in [4.78, 5) is 28.7. The number of aromatic hydroxyl groups is 1. The number of carbonyl (C=O) groups excluding carboxylic acids is 2. The van der Waals surface area contributed by atoms with Crippen molar-refractivity contribution in [2.75, 3.05) is 26.2 Å². The molecule has 3 aliphatic heterocycles. The largest absolute Gasteiger partial charge is 0.508 e. The predicted molar refractivity (Wildman–Crippen MR) is 128 cm³/mol. The van der Waals surface area contributed by atoms with E-state index in [1.807, 2.05) is 4.90 Å². The van der Waals surface area contributed by atoms with Crippen LogP contribution in [-0.2, 0) is 31.5 Å². The van der Waals surface area contributed by atoms with Gasteiger partial charge in [0.05, 0.1) is 11.3 Å². The van der Waals surface area contributed by atoms with E-state index in [0.29, 0.717) is 30.8 Å². The molecule has 11 heteroatoms. The number of nitrogens with zero attached hydrogens (tertiary/aromatic N) is 3. The summed E-state index contributed by atoms with van der Waals surface area (Å²) in [7, 11) is 0. The lowest BCUT2D eigenvalue weighted by molar-refractivity contribution is -0.286. The summed E-state index contributed by atoms with van der Waals surface area (Å²) in [5, 5.41) is 15.0.